The van der Waals surface area contributed by atoms with Gasteiger partial charge in [-0.1, -0.05) is 31.5 Å². The fourth-order valence-corrected chi connectivity index (χ4v) is 6.17. The summed E-state index contributed by atoms with van der Waals surface area (Å²) in [6.45, 7) is 5.62. The van der Waals surface area contributed by atoms with Crippen LogP contribution in [0.1, 0.15) is 61.2 Å². The lowest BCUT2D eigenvalue weighted by Crippen LogP contribution is -2.34. The molecule has 0 radical (unpaired) electrons. The largest absolute Gasteiger partial charge is 0.481 e. The average molecular weight is 412 g/mol. The molecule has 0 saturated heterocycles. The highest BCUT2D eigenvalue weighted by Crippen LogP contribution is 2.47. The van der Waals surface area contributed by atoms with Gasteiger partial charge in [0.2, 0.25) is 0 Å². The number of aliphatic carboxylic acids is 1. The molecule has 152 valence electrons. The predicted octanol–water partition coefficient (Wildman–Crippen LogP) is 6.43. The van der Waals surface area contributed by atoms with Crippen LogP contribution in [0.2, 0.25) is 0 Å². The second-order valence-electron chi connectivity index (χ2n) is 8.21. The monoisotopic (exact) mass is 411 g/mol. The Labute approximate surface area is 174 Å². The van der Waals surface area contributed by atoms with Gasteiger partial charge in [-0.05, 0) is 63.1 Å². The van der Waals surface area contributed by atoms with E-state index in [1.54, 1.807) is 30.4 Å². The van der Waals surface area contributed by atoms with Crippen molar-refractivity contribution < 1.29 is 14.3 Å². The topological polar surface area (TPSA) is 50.2 Å². The van der Waals surface area contributed by atoms with Gasteiger partial charge in [0.25, 0.3) is 0 Å². The molecule has 1 N–H and O–H groups in total. The summed E-state index contributed by atoms with van der Waals surface area (Å²) >= 11 is 1.69. The Hall–Kier alpha value is -2.27. The highest BCUT2D eigenvalue weighted by atomic mass is 32.1. The van der Waals surface area contributed by atoms with Crippen molar-refractivity contribution in [3.8, 4) is 11.1 Å². The molecule has 0 fully saturated rings. The maximum atomic E-state index is 15.1. The van der Waals surface area contributed by atoms with E-state index in [0.29, 0.717) is 23.2 Å². The number of carbonyl (C=O) groups is 1. The Kier molecular flexibility index (Phi) is 5.19. The molecule has 0 aliphatic heterocycles. The SMILES string of the molecule is CCCC(C)(C(=O)O)c1c(C)nc2sc3c(c2c1-c1ccccc1F)CCCC3. The van der Waals surface area contributed by atoms with Crippen LogP contribution in [0.5, 0.6) is 0 Å². The summed E-state index contributed by atoms with van der Waals surface area (Å²) < 4.78 is 15.1. The number of carboxylic acids is 1. The van der Waals surface area contributed by atoms with E-state index in [-0.39, 0.29) is 5.82 Å². The van der Waals surface area contributed by atoms with Crippen molar-refractivity contribution in [1.82, 2.24) is 4.98 Å². The quantitative estimate of drug-likeness (QED) is 0.526. The highest BCUT2D eigenvalue weighted by Gasteiger charge is 2.40. The molecule has 2 heterocycles. The standard InChI is InChI=1S/C24H26FNO2S/c1-4-13-24(3,23(27)28)21-14(2)26-22-20(16-10-6-8-12-18(16)29-22)19(21)15-9-5-7-11-17(15)25/h5,7,9,11H,4,6,8,10,12-13H2,1-3H3,(H,27,28). The zero-order chi connectivity index (χ0) is 20.8. The van der Waals surface area contributed by atoms with Crippen LogP contribution in [0.4, 0.5) is 4.39 Å². The summed E-state index contributed by atoms with van der Waals surface area (Å²) in [5, 5.41) is 11.2. The van der Waals surface area contributed by atoms with E-state index >= 15 is 4.39 Å². The molecule has 1 unspecified atom stereocenters. The molecule has 0 bridgehead atoms. The van der Waals surface area contributed by atoms with Gasteiger partial charge in [-0.2, -0.15) is 0 Å². The van der Waals surface area contributed by atoms with Gasteiger partial charge in [-0.25, -0.2) is 9.37 Å². The summed E-state index contributed by atoms with van der Waals surface area (Å²) in [6.07, 6.45) is 5.42. The molecule has 1 aliphatic carbocycles. The fraction of sp³-hybridized carbons (Fsp3) is 0.417. The zero-order valence-corrected chi connectivity index (χ0v) is 18.0. The molecule has 1 atom stereocenters. The molecule has 4 rings (SSSR count). The van der Waals surface area contributed by atoms with Crippen LogP contribution in [0.25, 0.3) is 21.3 Å². The number of hydrogen-bond acceptors (Lipinski definition) is 3. The number of nitrogens with zero attached hydrogens (tertiary/aromatic N) is 1. The Morgan fingerprint density at radius 1 is 1.28 bits per heavy atom. The third-order valence-corrected chi connectivity index (χ3v) is 7.39. The number of pyridine rings is 1. The molecule has 0 amide bonds. The Balaban J connectivity index is 2.18. The number of aryl methyl sites for hydroxylation is 3. The number of fused-ring (bicyclic) bond motifs is 3. The smallest absolute Gasteiger partial charge is 0.313 e. The van der Waals surface area contributed by atoms with Crippen molar-refractivity contribution in [3.05, 3.63) is 51.8 Å². The molecule has 0 saturated carbocycles. The van der Waals surface area contributed by atoms with Gasteiger partial charge in [0.05, 0.1) is 5.41 Å². The van der Waals surface area contributed by atoms with Gasteiger partial charge in [0, 0.05) is 27.1 Å². The van der Waals surface area contributed by atoms with Gasteiger partial charge in [-0.15, -0.1) is 11.3 Å². The van der Waals surface area contributed by atoms with Crippen LogP contribution in [-0.4, -0.2) is 16.1 Å². The number of aromatic nitrogens is 1. The average Bonchev–Trinajstić information content (AvgIpc) is 3.05. The first kappa shape index (κ1) is 20.0. The maximum Gasteiger partial charge on any atom is 0.313 e. The Bertz CT molecular complexity index is 1100. The summed E-state index contributed by atoms with van der Waals surface area (Å²) in [6, 6.07) is 6.72. The highest BCUT2D eigenvalue weighted by molar-refractivity contribution is 7.19. The molecule has 5 heteroatoms. The van der Waals surface area contributed by atoms with E-state index in [0.717, 1.165) is 47.9 Å². The number of benzene rings is 1. The molecule has 0 spiro atoms. The van der Waals surface area contributed by atoms with Gasteiger partial charge in [0.15, 0.2) is 0 Å². The van der Waals surface area contributed by atoms with E-state index in [1.807, 2.05) is 19.9 Å². The lowest BCUT2D eigenvalue weighted by Gasteiger charge is -2.30. The van der Waals surface area contributed by atoms with Gasteiger partial charge < -0.3 is 5.11 Å². The van der Waals surface area contributed by atoms with Crippen molar-refractivity contribution in [3.63, 3.8) is 0 Å². The molecule has 3 nitrogen and oxygen atoms in total. The summed E-state index contributed by atoms with van der Waals surface area (Å²) in [7, 11) is 0. The summed E-state index contributed by atoms with van der Waals surface area (Å²) in [5.74, 6) is -1.20. The van der Waals surface area contributed by atoms with Gasteiger partial charge in [-0.3, -0.25) is 4.79 Å². The van der Waals surface area contributed by atoms with Crippen LogP contribution in [0.3, 0.4) is 0 Å². The minimum absolute atomic E-state index is 0.319. The minimum Gasteiger partial charge on any atom is -0.481 e. The molecular weight excluding hydrogens is 385 g/mol. The number of hydrogen-bond donors (Lipinski definition) is 1. The molecule has 29 heavy (non-hydrogen) atoms. The zero-order valence-electron chi connectivity index (χ0n) is 17.1. The van der Waals surface area contributed by atoms with Crippen molar-refractivity contribution in [2.75, 3.05) is 0 Å². The second kappa shape index (κ2) is 7.52. The van der Waals surface area contributed by atoms with Crippen molar-refractivity contribution in [2.45, 2.75) is 64.7 Å². The third-order valence-electron chi connectivity index (χ3n) is 6.20. The number of carboxylic acid groups (broad SMARTS) is 1. The predicted molar refractivity (Wildman–Crippen MR) is 116 cm³/mol. The van der Waals surface area contributed by atoms with Crippen molar-refractivity contribution >= 4 is 27.5 Å². The van der Waals surface area contributed by atoms with Gasteiger partial charge >= 0.3 is 5.97 Å². The van der Waals surface area contributed by atoms with E-state index < -0.39 is 11.4 Å². The minimum atomic E-state index is -1.12. The van der Waals surface area contributed by atoms with Crippen LogP contribution in [0, 0.1) is 12.7 Å². The van der Waals surface area contributed by atoms with Gasteiger partial charge in [0.1, 0.15) is 10.6 Å². The Morgan fingerprint density at radius 2 is 2.00 bits per heavy atom. The lowest BCUT2D eigenvalue weighted by atomic mass is 9.73. The normalized spacial score (nSPS) is 15.9. The lowest BCUT2D eigenvalue weighted by molar-refractivity contribution is -0.143. The second-order valence-corrected chi connectivity index (χ2v) is 9.29. The molecular formula is C24H26FNO2S. The van der Waals surface area contributed by atoms with Crippen LogP contribution >= 0.6 is 11.3 Å². The molecule has 1 aromatic carbocycles. The van der Waals surface area contributed by atoms with E-state index in [1.165, 1.54) is 16.5 Å². The number of halogens is 1. The Morgan fingerprint density at radius 3 is 2.69 bits per heavy atom. The van der Waals surface area contributed by atoms with E-state index in [2.05, 4.69) is 0 Å². The first-order chi connectivity index (χ1) is 13.9. The van der Waals surface area contributed by atoms with E-state index in [4.69, 9.17) is 4.98 Å². The number of thiophene rings is 1. The third kappa shape index (κ3) is 3.16. The van der Waals surface area contributed by atoms with Crippen LogP contribution < -0.4 is 0 Å². The fourth-order valence-electron chi connectivity index (χ4n) is 4.85. The number of rotatable bonds is 5. The van der Waals surface area contributed by atoms with Crippen LogP contribution in [-0.2, 0) is 23.1 Å². The van der Waals surface area contributed by atoms with Crippen molar-refractivity contribution in [1.29, 1.82) is 0 Å². The van der Waals surface area contributed by atoms with Crippen molar-refractivity contribution in [2.24, 2.45) is 0 Å². The first-order valence-electron chi connectivity index (χ1n) is 10.3. The van der Waals surface area contributed by atoms with Crippen LogP contribution in [0.15, 0.2) is 24.3 Å². The first-order valence-corrected chi connectivity index (χ1v) is 11.1. The summed E-state index contributed by atoms with van der Waals surface area (Å²) in [4.78, 5) is 19.6. The maximum absolute atomic E-state index is 15.1. The molecule has 2 aromatic heterocycles. The molecule has 1 aliphatic rings. The summed E-state index contributed by atoms with van der Waals surface area (Å²) in [5.41, 5.74) is 2.69. The molecule has 3 aromatic rings. The van der Waals surface area contributed by atoms with E-state index in [9.17, 15) is 9.90 Å².